The van der Waals surface area contributed by atoms with Crippen LogP contribution < -0.4 is 5.32 Å². The smallest absolute Gasteiger partial charge is 0.357 e. The summed E-state index contributed by atoms with van der Waals surface area (Å²) >= 11 is 0. The van der Waals surface area contributed by atoms with Gasteiger partial charge >= 0.3 is 5.97 Å². The minimum Gasteiger partial charge on any atom is -0.478 e. The number of aromatic nitrogens is 1. The Labute approximate surface area is 148 Å². The van der Waals surface area contributed by atoms with Gasteiger partial charge in [-0.15, -0.1) is 0 Å². The number of nitrogens with one attached hydrogen (secondary N) is 2. The summed E-state index contributed by atoms with van der Waals surface area (Å²) in [6, 6.07) is 14.4. The molecule has 7 heteroatoms. The number of aromatic amines is 1. The third kappa shape index (κ3) is 3.73. The van der Waals surface area contributed by atoms with Crippen LogP contribution in [0.1, 0.15) is 22.5 Å². The van der Waals surface area contributed by atoms with Gasteiger partial charge in [-0.05, 0) is 36.2 Å². The molecule has 0 aliphatic carbocycles. The number of halogens is 1. The van der Waals surface area contributed by atoms with Gasteiger partial charge in [-0.3, -0.25) is 4.79 Å². The van der Waals surface area contributed by atoms with Gasteiger partial charge in [0.15, 0.2) is 0 Å². The minimum absolute atomic E-state index is 0.0324. The minimum atomic E-state index is -2.42. The molecule has 0 unspecified atom stereocenters. The highest BCUT2D eigenvalue weighted by Gasteiger charge is 2.37. The van der Waals surface area contributed by atoms with E-state index in [0.717, 1.165) is 5.56 Å². The molecule has 0 spiro atoms. The number of hydrogen-bond donors (Lipinski definition) is 4. The zero-order valence-corrected chi connectivity index (χ0v) is 13.7. The van der Waals surface area contributed by atoms with Crippen molar-refractivity contribution in [2.75, 3.05) is 0 Å². The number of fused-ring (bicyclic) bond motifs is 1. The first-order valence-electron chi connectivity index (χ1n) is 7.98. The maximum atomic E-state index is 13.3. The molecular weight excluding hydrogens is 339 g/mol. The van der Waals surface area contributed by atoms with E-state index in [9.17, 15) is 24.2 Å². The molecule has 1 atom stereocenters. The SMILES string of the molecule is O=C(N[C@@](O)(CCc1ccccc1)C(=O)O)c1cc2cc(F)ccc2[nH]1. The monoisotopic (exact) mass is 356 g/mol. The van der Waals surface area contributed by atoms with Crippen molar-refractivity contribution in [3.8, 4) is 0 Å². The van der Waals surface area contributed by atoms with E-state index in [1.165, 1.54) is 24.3 Å². The average molecular weight is 356 g/mol. The molecule has 1 aromatic heterocycles. The molecule has 1 amide bonds. The van der Waals surface area contributed by atoms with E-state index in [0.29, 0.717) is 10.9 Å². The Kier molecular flexibility index (Phi) is 4.73. The van der Waals surface area contributed by atoms with Gasteiger partial charge in [0.2, 0.25) is 5.72 Å². The Balaban J connectivity index is 1.77. The van der Waals surface area contributed by atoms with Gasteiger partial charge in [-0.2, -0.15) is 0 Å². The molecule has 4 N–H and O–H groups in total. The number of carboxylic acids is 1. The third-order valence-electron chi connectivity index (χ3n) is 4.12. The molecule has 6 nitrogen and oxygen atoms in total. The highest BCUT2D eigenvalue weighted by molar-refractivity contribution is 6.00. The normalized spacial score (nSPS) is 13.3. The van der Waals surface area contributed by atoms with Crippen molar-refractivity contribution < 1.29 is 24.2 Å². The fourth-order valence-corrected chi connectivity index (χ4v) is 2.67. The Morgan fingerprint density at radius 1 is 1.12 bits per heavy atom. The molecule has 3 aromatic rings. The molecule has 0 aliphatic heterocycles. The molecule has 0 saturated carbocycles. The number of aryl methyl sites for hydroxylation is 1. The van der Waals surface area contributed by atoms with Crippen LogP contribution >= 0.6 is 0 Å². The van der Waals surface area contributed by atoms with Crippen molar-refractivity contribution in [3.05, 3.63) is 71.7 Å². The molecule has 2 aromatic carbocycles. The molecule has 0 radical (unpaired) electrons. The van der Waals surface area contributed by atoms with Gasteiger partial charge < -0.3 is 20.5 Å². The maximum Gasteiger partial charge on any atom is 0.357 e. The second-order valence-electron chi connectivity index (χ2n) is 6.02. The highest BCUT2D eigenvalue weighted by atomic mass is 19.1. The van der Waals surface area contributed by atoms with Crippen LogP contribution in [0.15, 0.2) is 54.6 Å². The van der Waals surface area contributed by atoms with Crippen LogP contribution in [0.5, 0.6) is 0 Å². The summed E-state index contributed by atoms with van der Waals surface area (Å²) in [5.41, 5.74) is -1.03. The number of carboxylic acid groups (broad SMARTS) is 1. The van der Waals surface area contributed by atoms with E-state index in [2.05, 4.69) is 10.3 Å². The molecule has 1 heterocycles. The molecule has 0 fully saturated rings. The Morgan fingerprint density at radius 2 is 1.85 bits per heavy atom. The van der Waals surface area contributed by atoms with Crippen LogP contribution in [0, 0.1) is 5.82 Å². The van der Waals surface area contributed by atoms with Crippen molar-refractivity contribution in [1.29, 1.82) is 0 Å². The van der Waals surface area contributed by atoms with E-state index in [1.54, 1.807) is 24.3 Å². The fourth-order valence-electron chi connectivity index (χ4n) is 2.67. The van der Waals surface area contributed by atoms with Gasteiger partial charge in [0.1, 0.15) is 11.5 Å². The number of carbonyl (C=O) groups is 2. The quantitative estimate of drug-likeness (QED) is 0.510. The van der Waals surface area contributed by atoms with Crippen molar-refractivity contribution in [1.82, 2.24) is 10.3 Å². The van der Waals surface area contributed by atoms with E-state index in [4.69, 9.17) is 0 Å². The van der Waals surface area contributed by atoms with Crippen LogP contribution in [0.3, 0.4) is 0 Å². The van der Waals surface area contributed by atoms with E-state index >= 15 is 0 Å². The summed E-state index contributed by atoms with van der Waals surface area (Å²) < 4.78 is 13.3. The summed E-state index contributed by atoms with van der Waals surface area (Å²) in [5, 5.41) is 22.4. The largest absolute Gasteiger partial charge is 0.478 e. The first-order valence-corrected chi connectivity index (χ1v) is 7.98. The van der Waals surface area contributed by atoms with Gasteiger partial charge in [0.05, 0.1) is 0 Å². The lowest BCUT2D eigenvalue weighted by Crippen LogP contribution is -2.55. The highest BCUT2D eigenvalue weighted by Crippen LogP contribution is 2.18. The first kappa shape index (κ1) is 17.6. The topological polar surface area (TPSA) is 102 Å². The van der Waals surface area contributed by atoms with Crippen molar-refractivity contribution in [2.24, 2.45) is 0 Å². The van der Waals surface area contributed by atoms with Gasteiger partial charge in [-0.1, -0.05) is 30.3 Å². The van der Waals surface area contributed by atoms with Crippen molar-refractivity contribution >= 4 is 22.8 Å². The molecule has 26 heavy (non-hydrogen) atoms. The molecule has 0 bridgehead atoms. The molecule has 0 saturated heterocycles. The van der Waals surface area contributed by atoms with Crippen LogP contribution in [0.25, 0.3) is 10.9 Å². The maximum absolute atomic E-state index is 13.3. The number of aliphatic hydroxyl groups is 1. The van der Waals surface area contributed by atoms with Crippen molar-refractivity contribution in [2.45, 2.75) is 18.6 Å². The molecule has 134 valence electrons. The zero-order chi connectivity index (χ0) is 18.7. The summed E-state index contributed by atoms with van der Waals surface area (Å²) in [4.78, 5) is 26.6. The number of amides is 1. The third-order valence-corrected chi connectivity index (χ3v) is 4.12. The zero-order valence-electron chi connectivity index (χ0n) is 13.7. The number of carbonyl (C=O) groups excluding carboxylic acids is 1. The van der Waals surface area contributed by atoms with Gasteiger partial charge in [0.25, 0.3) is 5.91 Å². The van der Waals surface area contributed by atoms with Gasteiger partial charge in [0, 0.05) is 17.3 Å². The fraction of sp³-hybridized carbons (Fsp3) is 0.158. The second kappa shape index (κ2) is 6.97. The van der Waals surface area contributed by atoms with Crippen LogP contribution in [-0.2, 0) is 11.2 Å². The molecular formula is C19H17FN2O4. The van der Waals surface area contributed by atoms with E-state index in [1.807, 2.05) is 6.07 Å². The predicted octanol–water partition coefficient (Wildman–Crippen LogP) is 2.44. The molecule has 0 aliphatic rings. The van der Waals surface area contributed by atoms with Crippen LogP contribution in [-0.4, -0.2) is 32.8 Å². The average Bonchev–Trinajstić information content (AvgIpc) is 3.04. The van der Waals surface area contributed by atoms with E-state index in [-0.39, 0.29) is 18.5 Å². The Hall–Kier alpha value is -3.19. The number of H-pyrrole nitrogens is 1. The summed E-state index contributed by atoms with van der Waals surface area (Å²) in [7, 11) is 0. The van der Waals surface area contributed by atoms with Crippen molar-refractivity contribution in [3.63, 3.8) is 0 Å². The lowest BCUT2D eigenvalue weighted by Gasteiger charge is -2.24. The summed E-state index contributed by atoms with van der Waals surface area (Å²) in [6.07, 6.45) is 0.0643. The summed E-state index contributed by atoms with van der Waals surface area (Å²) in [5.74, 6) is -2.79. The Morgan fingerprint density at radius 3 is 2.54 bits per heavy atom. The first-order chi connectivity index (χ1) is 12.4. The number of aliphatic carboxylic acids is 1. The summed E-state index contributed by atoms with van der Waals surface area (Å²) in [6.45, 7) is 0. The number of benzene rings is 2. The number of hydrogen-bond acceptors (Lipinski definition) is 3. The second-order valence-corrected chi connectivity index (χ2v) is 6.02. The van der Waals surface area contributed by atoms with Crippen LogP contribution in [0.4, 0.5) is 4.39 Å². The number of rotatable bonds is 6. The predicted molar refractivity (Wildman–Crippen MR) is 93.1 cm³/mol. The van der Waals surface area contributed by atoms with E-state index < -0.39 is 23.4 Å². The van der Waals surface area contributed by atoms with Gasteiger partial charge in [-0.25, -0.2) is 9.18 Å². The Bertz CT molecular complexity index is 955. The lowest BCUT2D eigenvalue weighted by molar-refractivity contribution is -0.161. The lowest BCUT2D eigenvalue weighted by atomic mass is 10.0. The molecule has 3 rings (SSSR count). The standard InChI is InChI=1S/C19H17FN2O4/c20-14-6-7-15-13(10-14)11-16(21-15)17(23)22-19(26,18(24)25)9-8-12-4-2-1-3-5-12/h1-7,10-11,21,26H,8-9H2,(H,22,23)(H,24,25)/t19-/m1/s1. The van der Waals surface area contributed by atoms with Crippen LogP contribution in [0.2, 0.25) is 0 Å².